The topological polar surface area (TPSA) is 139 Å². The predicted molar refractivity (Wildman–Crippen MR) is 135 cm³/mol. The highest BCUT2D eigenvalue weighted by Gasteiger charge is 2.17. The van der Waals surface area contributed by atoms with Gasteiger partial charge in [0, 0.05) is 23.3 Å². The van der Waals surface area contributed by atoms with Crippen LogP contribution in [0.4, 0.5) is 5.69 Å². The van der Waals surface area contributed by atoms with Crippen LogP contribution in [0.15, 0.2) is 65.8 Å². The monoisotopic (exact) mass is 507 g/mol. The van der Waals surface area contributed by atoms with E-state index in [1.54, 1.807) is 37.3 Å². The van der Waals surface area contributed by atoms with Crippen molar-refractivity contribution < 1.29 is 33.5 Å². The Morgan fingerprint density at radius 3 is 2.22 bits per heavy atom. The Labute approximate surface area is 212 Å². The number of non-ortho nitro benzene ring substituents is 1. The van der Waals surface area contributed by atoms with Gasteiger partial charge in [-0.3, -0.25) is 14.9 Å². The molecule has 11 heteroatoms. The number of benzene rings is 3. The Morgan fingerprint density at radius 2 is 1.57 bits per heavy atom. The van der Waals surface area contributed by atoms with E-state index >= 15 is 0 Å². The van der Waals surface area contributed by atoms with Gasteiger partial charge in [-0.25, -0.2) is 10.2 Å². The van der Waals surface area contributed by atoms with Crippen LogP contribution in [0.5, 0.6) is 23.0 Å². The lowest BCUT2D eigenvalue weighted by molar-refractivity contribution is -0.384. The number of rotatable bonds is 11. The van der Waals surface area contributed by atoms with Gasteiger partial charge in [0.1, 0.15) is 11.5 Å². The first-order chi connectivity index (χ1) is 17.9. The Hall–Kier alpha value is -4.93. The molecule has 0 bridgehead atoms. The summed E-state index contributed by atoms with van der Waals surface area (Å²) in [5.41, 5.74) is 2.70. The van der Waals surface area contributed by atoms with Crippen molar-refractivity contribution in [2.45, 2.75) is 13.8 Å². The zero-order chi connectivity index (χ0) is 26.8. The molecular weight excluding hydrogens is 482 g/mol. The molecule has 0 heterocycles. The van der Waals surface area contributed by atoms with Crippen molar-refractivity contribution in [2.75, 3.05) is 20.3 Å². The second kappa shape index (κ2) is 12.7. The van der Waals surface area contributed by atoms with Gasteiger partial charge in [0.2, 0.25) is 0 Å². The zero-order valence-electron chi connectivity index (χ0n) is 20.4. The quantitative estimate of drug-likeness (QED) is 0.133. The van der Waals surface area contributed by atoms with Crippen LogP contribution in [0.2, 0.25) is 0 Å². The first-order valence-corrected chi connectivity index (χ1v) is 11.2. The van der Waals surface area contributed by atoms with E-state index < -0.39 is 16.8 Å². The van der Waals surface area contributed by atoms with E-state index in [-0.39, 0.29) is 22.6 Å². The van der Waals surface area contributed by atoms with E-state index in [1.165, 1.54) is 37.4 Å². The molecule has 0 aliphatic rings. The fraction of sp³-hybridized carbons (Fsp3) is 0.192. The van der Waals surface area contributed by atoms with Crippen molar-refractivity contribution in [3.63, 3.8) is 0 Å². The molecule has 0 spiro atoms. The molecule has 0 aromatic heterocycles. The van der Waals surface area contributed by atoms with Gasteiger partial charge >= 0.3 is 5.97 Å². The predicted octanol–water partition coefficient (Wildman–Crippen LogP) is 4.38. The molecule has 0 aliphatic heterocycles. The number of carbonyl (C=O) groups excluding carboxylic acids is 2. The summed E-state index contributed by atoms with van der Waals surface area (Å²) in [5, 5.41) is 15.1. The molecule has 3 rings (SSSR count). The summed E-state index contributed by atoms with van der Waals surface area (Å²) < 4.78 is 21.6. The lowest BCUT2D eigenvalue weighted by atomic mass is 10.1. The minimum absolute atomic E-state index is 0.00453. The lowest BCUT2D eigenvalue weighted by Crippen LogP contribution is -2.17. The minimum Gasteiger partial charge on any atom is -0.497 e. The van der Waals surface area contributed by atoms with Gasteiger partial charge in [0.25, 0.3) is 11.6 Å². The van der Waals surface area contributed by atoms with Crippen LogP contribution in [0.3, 0.4) is 0 Å². The van der Waals surface area contributed by atoms with Crippen LogP contribution in [0, 0.1) is 10.1 Å². The van der Waals surface area contributed by atoms with Gasteiger partial charge in [0.05, 0.1) is 37.0 Å². The number of nitrogens with one attached hydrogen (secondary N) is 1. The number of ether oxygens (including phenoxy) is 4. The molecule has 0 saturated carbocycles. The van der Waals surface area contributed by atoms with Crippen molar-refractivity contribution in [1.29, 1.82) is 0 Å². The second-order valence-electron chi connectivity index (χ2n) is 7.32. The molecule has 3 aromatic carbocycles. The van der Waals surface area contributed by atoms with Gasteiger partial charge in [-0.05, 0) is 62.4 Å². The molecule has 11 nitrogen and oxygen atoms in total. The smallest absolute Gasteiger partial charge is 0.343 e. The van der Waals surface area contributed by atoms with Crippen molar-refractivity contribution in [1.82, 2.24) is 5.43 Å². The third-order valence-corrected chi connectivity index (χ3v) is 4.91. The molecule has 192 valence electrons. The number of amides is 1. The molecule has 0 aliphatic carbocycles. The maximum atomic E-state index is 12.9. The van der Waals surface area contributed by atoms with Crippen LogP contribution in [-0.4, -0.2) is 43.3 Å². The first-order valence-electron chi connectivity index (χ1n) is 11.2. The third kappa shape index (κ3) is 7.04. The number of methoxy groups -OCH3 is 1. The lowest BCUT2D eigenvalue weighted by Gasteiger charge is -2.12. The Balaban J connectivity index is 1.81. The molecule has 0 radical (unpaired) electrons. The molecule has 0 fully saturated rings. The second-order valence-corrected chi connectivity index (χ2v) is 7.32. The van der Waals surface area contributed by atoms with Gasteiger partial charge in [-0.2, -0.15) is 5.10 Å². The Bertz CT molecular complexity index is 1310. The number of hydrogen-bond donors (Lipinski definition) is 1. The number of hydrazone groups is 1. The van der Waals surface area contributed by atoms with Gasteiger partial charge in [-0.1, -0.05) is 0 Å². The molecule has 0 saturated heterocycles. The van der Waals surface area contributed by atoms with Crippen LogP contribution in [-0.2, 0) is 0 Å². The molecule has 1 N–H and O–H groups in total. The van der Waals surface area contributed by atoms with Crippen molar-refractivity contribution in [2.24, 2.45) is 5.10 Å². The fourth-order valence-corrected chi connectivity index (χ4v) is 3.15. The van der Waals surface area contributed by atoms with Gasteiger partial charge < -0.3 is 18.9 Å². The number of carbonyl (C=O) groups is 2. The van der Waals surface area contributed by atoms with Crippen LogP contribution in [0.1, 0.15) is 40.1 Å². The Morgan fingerprint density at radius 1 is 0.919 bits per heavy atom. The first kappa shape index (κ1) is 26.7. The van der Waals surface area contributed by atoms with Crippen LogP contribution in [0.25, 0.3) is 0 Å². The van der Waals surface area contributed by atoms with Crippen molar-refractivity contribution in [3.8, 4) is 23.0 Å². The SMILES string of the molecule is CCOc1ccc(C(=O)Oc2ccc([N+](=O)[O-])cc2/C=N/NC(=O)c2ccc(OC)cc2)cc1OCC. The van der Waals surface area contributed by atoms with Gasteiger partial charge in [0.15, 0.2) is 11.5 Å². The molecule has 1 amide bonds. The fourth-order valence-electron chi connectivity index (χ4n) is 3.15. The highest BCUT2D eigenvalue weighted by Crippen LogP contribution is 2.30. The van der Waals surface area contributed by atoms with E-state index in [2.05, 4.69) is 10.5 Å². The summed E-state index contributed by atoms with van der Waals surface area (Å²) in [6.07, 6.45) is 1.15. The molecule has 0 unspecified atom stereocenters. The number of nitro benzene ring substituents is 1. The van der Waals surface area contributed by atoms with E-state index in [0.717, 1.165) is 6.21 Å². The summed E-state index contributed by atoms with van der Waals surface area (Å²) in [7, 11) is 1.51. The van der Waals surface area contributed by atoms with Crippen molar-refractivity contribution in [3.05, 3.63) is 87.5 Å². The highest BCUT2D eigenvalue weighted by molar-refractivity contribution is 5.96. The van der Waals surface area contributed by atoms with E-state index in [9.17, 15) is 19.7 Å². The zero-order valence-corrected chi connectivity index (χ0v) is 20.4. The maximum absolute atomic E-state index is 12.9. The molecular formula is C26H25N3O8. The molecule has 37 heavy (non-hydrogen) atoms. The third-order valence-electron chi connectivity index (χ3n) is 4.91. The normalized spacial score (nSPS) is 10.6. The highest BCUT2D eigenvalue weighted by atomic mass is 16.6. The van der Waals surface area contributed by atoms with Crippen molar-refractivity contribution >= 4 is 23.8 Å². The molecule has 3 aromatic rings. The average molecular weight is 507 g/mol. The number of nitrogens with zero attached hydrogens (tertiary/aromatic N) is 2. The van der Waals surface area contributed by atoms with E-state index in [1.807, 2.05) is 6.92 Å². The summed E-state index contributed by atoms with van der Waals surface area (Å²) in [6, 6.07) is 14.6. The number of nitro groups is 1. The summed E-state index contributed by atoms with van der Waals surface area (Å²) in [4.78, 5) is 35.9. The average Bonchev–Trinajstić information content (AvgIpc) is 2.90. The Kier molecular flexibility index (Phi) is 9.14. The molecule has 0 atom stereocenters. The largest absolute Gasteiger partial charge is 0.497 e. The van der Waals surface area contributed by atoms with E-state index in [0.29, 0.717) is 36.0 Å². The number of hydrogen-bond acceptors (Lipinski definition) is 9. The summed E-state index contributed by atoms with van der Waals surface area (Å²) >= 11 is 0. The van der Waals surface area contributed by atoms with E-state index in [4.69, 9.17) is 18.9 Å². The summed E-state index contributed by atoms with van der Waals surface area (Å²) in [5.74, 6) is 0.214. The van der Waals surface area contributed by atoms with Crippen LogP contribution >= 0.6 is 0 Å². The maximum Gasteiger partial charge on any atom is 0.343 e. The minimum atomic E-state index is -0.727. The standard InChI is InChI=1S/C26H25N3O8/c1-4-35-23-12-8-18(15-24(23)36-5-2)26(31)37-22-13-9-20(29(32)33)14-19(22)16-27-28-25(30)17-6-10-21(34-3)11-7-17/h6-16H,4-5H2,1-3H3,(H,28,30)/b27-16+. The van der Waals surface area contributed by atoms with Crippen LogP contribution < -0.4 is 24.4 Å². The van der Waals surface area contributed by atoms with Gasteiger partial charge in [-0.15, -0.1) is 0 Å². The number of esters is 1. The summed E-state index contributed by atoms with van der Waals surface area (Å²) in [6.45, 7) is 4.42.